The predicted octanol–water partition coefficient (Wildman–Crippen LogP) is 5.81. The Morgan fingerprint density at radius 2 is 2.06 bits per heavy atom. The van der Waals surface area contributed by atoms with Crippen LogP contribution in [0.15, 0.2) is 23.8 Å². The number of amides is 1. The molecule has 1 aromatic carbocycles. The molecule has 2 aromatic rings. The molecule has 2 heterocycles. The highest BCUT2D eigenvalue weighted by atomic mass is 35.5. The molecule has 2 atom stereocenters. The minimum Gasteiger partial charge on any atom is -0.444 e. The van der Waals surface area contributed by atoms with E-state index in [0.29, 0.717) is 36.6 Å². The number of fused-ring (bicyclic) bond motifs is 3. The van der Waals surface area contributed by atoms with Gasteiger partial charge in [-0.25, -0.2) is 14.2 Å². The Morgan fingerprint density at radius 3 is 2.74 bits per heavy atom. The molecule has 2 aliphatic rings. The maximum Gasteiger partial charge on any atom is 0.410 e. The SMILES string of the molecule is CC1=Cc2c(nc3n2CCN(C(=O)OC(C)(C)C)C3)C(Cc2ccc(Cl)cc2F)C1C. The van der Waals surface area contributed by atoms with Crippen LogP contribution in [-0.4, -0.2) is 32.7 Å². The lowest BCUT2D eigenvalue weighted by Crippen LogP contribution is -2.41. The van der Waals surface area contributed by atoms with Gasteiger partial charge in [0.25, 0.3) is 0 Å². The third-order valence-corrected chi connectivity index (χ3v) is 6.42. The number of aromatic nitrogens is 2. The summed E-state index contributed by atoms with van der Waals surface area (Å²) < 4.78 is 22.3. The number of hydrogen-bond donors (Lipinski definition) is 0. The fourth-order valence-corrected chi connectivity index (χ4v) is 4.54. The van der Waals surface area contributed by atoms with E-state index < -0.39 is 5.60 Å². The molecule has 4 rings (SSSR count). The molecule has 7 heteroatoms. The highest BCUT2D eigenvalue weighted by Gasteiger charge is 2.35. The summed E-state index contributed by atoms with van der Waals surface area (Å²) in [7, 11) is 0. The van der Waals surface area contributed by atoms with Gasteiger partial charge in [0, 0.05) is 24.0 Å². The number of allylic oxidation sites excluding steroid dienone is 1. The minimum absolute atomic E-state index is 0.0590. The minimum atomic E-state index is -0.535. The Kier molecular flexibility index (Phi) is 5.63. The van der Waals surface area contributed by atoms with Crippen LogP contribution in [0.4, 0.5) is 9.18 Å². The first-order valence-corrected chi connectivity index (χ1v) is 11.1. The molecule has 0 fully saturated rings. The van der Waals surface area contributed by atoms with E-state index in [1.54, 1.807) is 17.0 Å². The van der Waals surface area contributed by atoms with Crippen LogP contribution in [0, 0.1) is 11.7 Å². The first kappa shape index (κ1) is 21.9. The third-order valence-electron chi connectivity index (χ3n) is 6.18. The number of ether oxygens (including phenoxy) is 1. The van der Waals surface area contributed by atoms with E-state index in [-0.39, 0.29) is 23.7 Å². The van der Waals surface area contributed by atoms with Gasteiger partial charge in [0.2, 0.25) is 0 Å². The van der Waals surface area contributed by atoms with Crippen molar-refractivity contribution in [2.45, 2.75) is 65.6 Å². The molecule has 31 heavy (non-hydrogen) atoms. The van der Waals surface area contributed by atoms with E-state index in [1.165, 1.54) is 11.6 Å². The molecular weight excluding hydrogens is 417 g/mol. The molecular formula is C24H29ClFN3O2. The van der Waals surface area contributed by atoms with Gasteiger partial charge in [-0.2, -0.15) is 0 Å². The van der Waals surface area contributed by atoms with E-state index in [4.69, 9.17) is 21.3 Å². The summed E-state index contributed by atoms with van der Waals surface area (Å²) in [4.78, 5) is 19.2. The van der Waals surface area contributed by atoms with Gasteiger partial charge in [-0.15, -0.1) is 0 Å². The summed E-state index contributed by atoms with van der Waals surface area (Å²) in [5.74, 6) is 0.862. The fraction of sp³-hybridized carbons (Fsp3) is 0.500. The standard InChI is InChI=1S/C24H29ClFN3O2/c1-14-10-20-22(18(15(14)2)11-16-6-7-17(25)12-19(16)26)27-21-13-28(8-9-29(20)21)23(30)31-24(3,4)5/h6-7,10,12,15,18H,8-9,11,13H2,1-5H3. The van der Waals surface area contributed by atoms with Gasteiger partial charge < -0.3 is 9.30 Å². The Morgan fingerprint density at radius 1 is 1.32 bits per heavy atom. The second-order valence-electron chi connectivity index (χ2n) is 9.58. The van der Waals surface area contributed by atoms with Crippen molar-refractivity contribution in [1.29, 1.82) is 0 Å². The predicted molar refractivity (Wildman–Crippen MR) is 120 cm³/mol. The monoisotopic (exact) mass is 445 g/mol. The number of nitrogens with zero attached hydrogens (tertiary/aromatic N) is 3. The number of rotatable bonds is 2. The highest BCUT2D eigenvalue weighted by molar-refractivity contribution is 6.30. The topological polar surface area (TPSA) is 47.4 Å². The average molecular weight is 446 g/mol. The summed E-state index contributed by atoms with van der Waals surface area (Å²) >= 11 is 5.93. The fourth-order valence-electron chi connectivity index (χ4n) is 4.38. The molecule has 0 N–H and O–H groups in total. The van der Waals surface area contributed by atoms with Crippen molar-refractivity contribution < 1.29 is 13.9 Å². The van der Waals surface area contributed by atoms with Gasteiger partial charge in [0.15, 0.2) is 0 Å². The number of carbonyl (C=O) groups is 1. The van der Waals surface area contributed by atoms with Crippen LogP contribution in [0.2, 0.25) is 5.02 Å². The van der Waals surface area contributed by atoms with Crippen LogP contribution in [0.5, 0.6) is 0 Å². The summed E-state index contributed by atoms with van der Waals surface area (Å²) in [6.45, 7) is 11.5. The second kappa shape index (κ2) is 7.97. The molecule has 0 spiro atoms. The number of imidazole rings is 1. The summed E-state index contributed by atoms with van der Waals surface area (Å²) in [5.41, 5.74) is 3.42. The molecule has 1 amide bonds. The van der Waals surface area contributed by atoms with Gasteiger partial charge in [-0.3, -0.25) is 4.90 Å². The van der Waals surface area contributed by atoms with Crippen LogP contribution in [0.3, 0.4) is 0 Å². The second-order valence-corrected chi connectivity index (χ2v) is 10.0. The maximum atomic E-state index is 14.5. The molecule has 166 valence electrons. The molecule has 0 saturated carbocycles. The zero-order valence-electron chi connectivity index (χ0n) is 18.7. The quantitative estimate of drug-likeness (QED) is 0.586. The van der Waals surface area contributed by atoms with Crippen LogP contribution < -0.4 is 0 Å². The number of carbonyl (C=O) groups excluding carboxylic acids is 1. The number of benzene rings is 1. The van der Waals surface area contributed by atoms with E-state index in [2.05, 4.69) is 24.5 Å². The normalized spacial score (nSPS) is 20.7. The van der Waals surface area contributed by atoms with Crippen molar-refractivity contribution in [3.8, 4) is 0 Å². The maximum absolute atomic E-state index is 14.5. The first-order chi connectivity index (χ1) is 14.5. The average Bonchev–Trinajstić information content (AvgIpc) is 3.03. The van der Waals surface area contributed by atoms with Crippen molar-refractivity contribution in [3.63, 3.8) is 0 Å². The van der Waals surface area contributed by atoms with Gasteiger partial charge in [-0.05, 0) is 63.8 Å². The number of halogens is 2. The Balaban J connectivity index is 1.64. The molecule has 1 aromatic heterocycles. The first-order valence-electron chi connectivity index (χ1n) is 10.7. The van der Waals surface area contributed by atoms with Crippen molar-refractivity contribution in [2.24, 2.45) is 5.92 Å². The Labute approximate surface area is 187 Å². The summed E-state index contributed by atoms with van der Waals surface area (Å²) in [6.07, 6.45) is 2.42. The highest BCUT2D eigenvalue weighted by Crippen LogP contribution is 2.41. The van der Waals surface area contributed by atoms with Gasteiger partial charge in [-0.1, -0.05) is 30.2 Å². The van der Waals surface area contributed by atoms with Gasteiger partial charge in [0.05, 0.1) is 17.9 Å². The lowest BCUT2D eigenvalue weighted by atomic mass is 9.77. The van der Waals surface area contributed by atoms with Crippen molar-refractivity contribution in [2.75, 3.05) is 6.54 Å². The Bertz CT molecular complexity index is 1050. The van der Waals surface area contributed by atoms with E-state index in [9.17, 15) is 9.18 Å². The zero-order chi connectivity index (χ0) is 22.5. The van der Waals surface area contributed by atoms with E-state index >= 15 is 0 Å². The van der Waals surface area contributed by atoms with Gasteiger partial charge >= 0.3 is 6.09 Å². The lowest BCUT2D eigenvalue weighted by Gasteiger charge is -2.31. The molecule has 2 unspecified atom stereocenters. The largest absolute Gasteiger partial charge is 0.444 e. The number of hydrogen-bond acceptors (Lipinski definition) is 3. The molecule has 0 radical (unpaired) electrons. The van der Waals surface area contributed by atoms with Crippen LogP contribution in [0.1, 0.15) is 63.3 Å². The zero-order valence-corrected chi connectivity index (χ0v) is 19.5. The van der Waals surface area contributed by atoms with Crippen molar-refractivity contribution in [3.05, 3.63) is 57.4 Å². The molecule has 1 aliphatic heterocycles. The van der Waals surface area contributed by atoms with Gasteiger partial charge in [0.1, 0.15) is 17.2 Å². The Hall–Kier alpha value is -2.34. The van der Waals surface area contributed by atoms with E-state index in [0.717, 1.165) is 17.2 Å². The van der Waals surface area contributed by atoms with Crippen LogP contribution >= 0.6 is 11.6 Å². The third kappa shape index (κ3) is 4.36. The molecule has 0 bridgehead atoms. The molecule has 0 saturated heterocycles. The summed E-state index contributed by atoms with van der Waals surface area (Å²) in [6, 6.07) is 4.86. The van der Waals surface area contributed by atoms with Crippen molar-refractivity contribution in [1.82, 2.24) is 14.5 Å². The van der Waals surface area contributed by atoms with Crippen LogP contribution in [0.25, 0.3) is 6.08 Å². The molecule has 1 aliphatic carbocycles. The molecule has 5 nitrogen and oxygen atoms in total. The lowest BCUT2D eigenvalue weighted by molar-refractivity contribution is 0.0195. The summed E-state index contributed by atoms with van der Waals surface area (Å²) in [5, 5.41) is 0.398. The van der Waals surface area contributed by atoms with E-state index in [1.807, 2.05) is 20.8 Å². The van der Waals surface area contributed by atoms with Crippen molar-refractivity contribution >= 4 is 23.8 Å². The smallest absolute Gasteiger partial charge is 0.410 e. The van der Waals surface area contributed by atoms with Crippen LogP contribution in [-0.2, 0) is 24.2 Å².